The summed E-state index contributed by atoms with van der Waals surface area (Å²) in [5, 5.41) is 11.3. The fourth-order valence-electron chi connectivity index (χ4n) is 3.20. The average Bonchev–Trinajstić information content (AvgIpc) is 2.67. The Bertz CT molecular complexity index is 929. The van der Waals surface area contributed by atoms with Crippen molar-refractivity contribution in [3.8, 4) is 6.07 Å². The first-order valence-electron chi connectivity index (χ1n) is 10.1. The monoisotopic (exact) mass is 392 g/mol. The standard InChI is InChI=1S/C20H22N4O.C4H10/c1-14(19(13-21)20(22)25)15-3-4-17-12-18(6-5-16(17)11-15)24-9-7-23(2)8-10-24;1-4(2)3/h3-6,11-12H,7-10H2,1-2H3,(H2,22,25);4H,1-3H3/b19-14+;. The third-order valence-corrected chi connectivity index (χ3v) is 4.86. The summed E-state index contributed by atoms with van der Waals surface area (Å²) in [5.74, 6) is 0.144. The Morgan fingerprint density at radius 1 is 1.03 bits per heavy atom. The largest absolute Gasteiger partial charge is 0.369 e. The topological polar surface area (TPSA) is 73.4 Å². The molecule has 0 radical (unpaired) electrons. The number of anilines is 1. The molecule has 3 rings (SSSR count). The first-order chi connectivity index (χ1) is 13.7. The summed E-state index contributed by atoms with van der Waals surface area (Å²) in [4.78, 5) is 16.1. The molecule has 5 nitrogen and oxygen atoms in total. The van der Waals surface area contributed by atoms with Crippen molar-refractivity contribution >= 4 is 27.9 Å². The Morgan fingerprint density at radius 2 is 1.59 bits per heavy atom. The number of hydrogen-bond acceptors (Lipinski definition) is 4. The van der Waals surface area contributed by atoms with E-state index < -0.39 is 5.91 Å². The van der Waals surface area contributed by atoms with Crippen LogP contribution in [0.5, 0.6) is 0 Å². The average molecular weight is 393 g/mol. The third-order valence-electron chi connectivity index (χ3n) is 4.86. The number of fused-ring (bicyclic) bond motifs is 1. The third kappa shape index (κ3) is 6.07. The first-order valence-corrected chi connectivity index (χ1v) is 10.1. The van der Waals surface area contributed by atoms with Crippen LogP contribution in [-0.4, -0.2) is 44.0 Å². The fraction of sp³-hybridized carbons (Fsp3) is 0.417. The number of amides is 1. The zero-order valence-electron chi connectivity index (χ0n) is 18.2. The van der Waals surface area contributed by atoms with E-state index in [1.807, 2.05) is 24.3 Å². The van der Waals surface area contributed by atoms with Crippen molar-refractivity contribution in [1.29, 1.82) is 5.26 Å². The number of likely N-dealkylation sites (N-methyl/N-ethyl adjacent to an activating group) is 1. The molecule has 0 aromatic heterocycles. The van der Waals surface area contributed by atoms with Crippen molar-refractivity contribution in [2.45, 2.75) is 27.7 Å². The minimum absolute atomic E-state index is 0.00778. The molecule has 1 amide bonds. The van der Waals surface area contributed by atoms with Crippen LogP contribution in [0.1, 0.15) is 33.3 Å². The Kier molecular flexibility index (Phi) is 7.81. The number of nitrogens with two attached hydrogens (primary N) is 1. The lowest BCUT2D eigenvalue weighted by atomic mass is 9.98. The molecule has 1 saturated heterocycles. The summed E-state index contributed by atoms with van der Waals surface area (Å²) in [7, 11) is 2.15. The summed E-state index contributed by atoms with van der Waals surface area (Å²) in [5.41, 5.74) is 7.98. The number of allylic oxidation sites excluding steroid dienone is 1. The molecule has 2 N–H and O–H groups in total. The molecule has 0 aliphatic carbocycles. The molecule has 29 heavy (non-hydrogen) atoms. The Hall–Kier alpha value is -2.84. The maximum absolute atomic E-state index is 11.4. The maximum Gasteiger partial charge on any atom is 0.259 e. The van der Waals surface area contributed by atoms with Gasteiger partial charge in [-0.15, -0.1) is 0 Å². The van der Waals surface area contributed by atoms with E-state index in [9.17, 15) is 4.79 Å². The zero-order chi connectivity index (χ0) is 21.6. The highest BCUT2D eigenvalue weighted by atomic mass is 16.1. The molecule has 0 saturated carbocycles. The van der Waals surface area contributed by atoms with Gasteiger partial charge in [0.2, 0.25) is 0 Å². The molecule has 1 fully saturated rings. The van der Waals surface area contributed by atoms with Gasteiger partial charge in [0.15, 0.2) is 0 Å². The normalized spacial score (nSPS) is 15.4. The predicted molar refractivity (Wildman–Crippen MR) is 122 cm³/mol. The highest BCUT2D eigenvalue weighted by molar-refractivity contribution is 6.04. The molecule has 0 spiro atoms. The van der Waals surface area contributed by atoms with E-state index in [4.69, 9.17) is 11.0 Å². The van der Waals surface area contributed by atoms with E-state index in [-0.39, 0.29) is 5.57 Å². The zero-order valence-corrected chi connectivity index (χ0v) is 18.2. The molecule has 2 aromatic carbocycles. The van der Waals surface area contributed by atoms with Crippen LogP contribution in [0.4, 0.5) is 5.69 Å². The number of hydrogen-bond donors (Lipinski definition) is 1. The maximum atomic E-state index is 11.4. The number of nitrogens with zero attached hydrogens (tertiary/aromatic N) is 3. The van der Waals surface area contributed by atoms with Crippen LogP contribution in [0.15, 0.2) is 42.0 Å². The van der Waals surface area contributed by atoms with Gasteiger partial charge in [-0.2, -0.15) is 5.26 Å². The van der Waals surface area contributed by atoms with Gasteiger partial charge in [0.05, 0.1) is 0 Å². The lowest BCUT2D eigenvalue weighted by Crippen LogP contribution is -2.44. The lowest BCUT2D eigenvalue weighted by Gasteiger charge is -2.34. The number of primary amides is 1. The minimum Gasteiger partial charge on any atom is -0.369 e. The van der Waals surface area contributed by atoms with Gasteiger partial charge in [-0.05, 0) is 60.0 Å². The second kappa shape index (κ2) is 10.1. The van der Waals surface area contributed by atoms with Gasteiger partial charge < -0.3 is 15.5 Å². The van der Waals surface area contributed by atoms with Crippen LogP contribution < -0.4 is 10.6 Å². The number of carbonyl (C=O) groups is 1. The van der Waals surface area contributed by atoms with Gasteiger partial charge in [0.1, 0.15) is 11.6 Å². The van der Waals surface area contributed by atoms with Crippen molar-refractivity contribution in [2.24, 2.45) is 11.7 Å². The SMILES string of the molecule is C/C(=C(/C#N)C(N)=O)c1ccc2cc(N3CCN(C)CC3)ccc2c1.CC(C)C. The van der Waals surface area contributed by atoms with E-state index in [1.165, 1.54) is 5.69 Å². The van der Waals surface area contributed by atoms with Gasteiger partial charge in [0, 0.05) is 31.9 Å². The van der Waals surface area contributed by atoms with Gasteiger partial charge in [-0.3, -0.25) is 4.79 Å². The van der Waals surface area contributed by atoms with Gasteiger partial charge in [-0.1, -0.05) is 39.0 Å². The van der Waals surface area contributed by atoms with E-state index in [0.717, 1.165) is 48.4 Å². The van der Waals surface area contributed by atoms with E-state index in [2.05, 4.69) is 55.8 Å². The van der Waals surface area contributed by atoms with Crippen molar-refractivity contribution in [2.75, 3.05) is 38.1 Å². The molecule has 0 bridgehead atoms. The Morgan fingerprint density at radius 3 is 2.14 bits per heavy atom. The van der Waals surface area contributed by atoms with E-state index >= 15 is 0 Å². The molecule has 1 heterocycles. The molecular formula is C24H32N4O. The highest BCUT2D eigenvalue weighted by Crippen LogP contribution is 2.27. The molecule has 2 aromatic rings. The lowest BCUT2D eigenvalue weighted by molar-refractivity contribution is -0.114. The van der Waals surface area contributed by atoms with Gasteiger partial charge in [0.25, 0.3) is 5.91 Å². The molecule has 1 aliphatic heterocycles. The molecule has 154 valence electrons. The second-order valence-corrected chi connectivity index (χ2v) is 8.24. The second-order valence-electron chi connectivity index (χ2n) is 8.24. The van der Waals surface area contributed by atoms with Crippen LogP contribution >= 0.6 is 0 Å². The van der Waals surface area contributed by atoms with Crippen molar-refractivity contribution < 1.29 is 4.79 Å². The van der Waals surface area contributed by atoms with Crippen molar-refractivity contribution in [3.05, 3.63) is 47.5 Å². The number of piperazine rings is 1. The molecule has 5 heteroatoms. The summed E-state index contributed by atoms with van der Waals surface area (Å²) in [6, 6.07) is 14.3. The van der Waals surface area contributed by atoms with Crippen molar-refractivity contribution in [1.82, 2.24) is 4.90 Å². The van der Waals surface area contributed by atoms with Crippen molar-refractivity contribution in [3.63, 3.8) is 0 Å². The molecule has 1 aliphatic rings. The molecule has 0 unspecified atom stereocenters. The number of benzene rings is 2. The van der Waals surface area contributed by atoms with E-state index in [1.54, 1.807) is 6.92 Å². The Balaban J connectivity index is 0.000000687. The summed E-state index contributed by atoms with van der Waals surface area (Å²) in [6.07, 6.45) is 0. The first kappa shape index (κ1) is 22.4. The van der Waals surface area contributed by atoms with Gasteiger partial charge >= 0.3 is 0 Å². The summed E-state index contributed by atoms with van der Waals surface area (Å²) >= 11 is 0. The summed E-state index contributed by atoms with van der Waals surface area (Å²) in [6.45, 7) is 12.5. The highest BCUT2D eigenvalue weighted by Gasteiger charge is 2.15. The molecular weight excluding hydrogens is 360 g/mol. The number of nitriles is 1. The number of carbonyl (C=O) groups excluding carboxylic acids is 1. The van der Waals surface area contributed by atoms with Crippen LogP contribution in [0.2, 0.25) is 0 Å². The van der Waals surface area contributed by atoms with Crippen LogP contribution in [-0.2, 0) is 4.79 Å². The fourth-order valence-corrected chi connectivity index (χ4v) is 3.20. The van der Waals surface area contributed by atoms with Crippen LogP contribution in [0.25, 0.3) is 16.3 Å². The smallest absolute Gasteiger partial charge is 0.259 e. The molecule has 0 atom stereocenters. The number of rotatable bonds is 3. The minimum atomic E-state index is -0.689. The van der Waals surface area contributed by atoms with Crippen LogP contribution in [0.3, 0.4) is 0 Å². The van der Waals surface area contributed by atoms with Crippen LogP contribution in [0, 0.1) is 17.2 Å². The predicted octanol–water partition coefficient (Wildman–Crippen LogP) is 4.04. The van der Waals surface area contributed by atoms with Gasteiger partial charge in [-0.25, -0.2) is 0 Å². The quantitative estimate of drug-likeness (QED) is 0.632. The van der Waals surface area contributed by atoms with E-state index in [0.29, 0.717) is 5.57 Å². The summed E-state index contributed by atoms with van der Waals surface area (Å²) < 4.78 is 0. The Labute approximate surface area is 174 Å².